The van der Waals surface area contributed by atoms with Crippen LogP contribution in [0, 0.1) is 13.8 Å². The van der Waals surface area contributed by atoms with Crippen molar-refractivity contribution in [3.8, 4) is 28.5 Å². The van der Waals surface area contributed by atoms with Crippen molar-refractivity contribution in [2.75, 3.05) is 31.5 Å². The third kappa shape index (κ3) is 7.45. The maximum atomic E-state index is 11.4. The highest BCUT2D eigenvalue weighted by atomic mass is 32.2. The van der Waals surface area contributed by atoms with E-state index in [1.165, 1.54) is 6.26 Å². The smallest absolute Gasteiger partial charge is 0.303 e. The molecule has 4 rings (SSSR count). The van der Waals surface area contributed by atoms with Crippen LogP contribution in [0.1, 0.15) is 41.0 Å². The minimum atomic E-state index is -3.01. The number of fused-ring (bicyclic) bond motifs is 1. The van der Waals surface area contributed by atoms with Gasteiger partial charge in [-0.1, -0.05) is 6.07 Å². The number of aromatic nitrogens is 1. The topological polar surface area (TPSA) is 112 Å². The highest BCUT2D eigenvalue weighted by Crippen LogP contribution is 2.42. The van der Waals surface area contributed by atoms with Crippen LogP contribution < -0.4 is 14.2 Å². The van der Waals surface area contributed by atoms with E-state index >= 15 is 0 Å². The van der Waals surface area contributed by atoms with Gasteiger partial charge in [-0.05, 0) is 72.4 Å². The van der Waals surface area contributed by atoms with Crippen LogP contribution in [0.25, 0.3) is 11.1 Å². The van der Waals surface area contributed by atoms with Gasteiger partial charge in [-0.15, -0.1) is 11.8 Å². The zero-order chi connectivity index (χ0) is 28.2. The molecule has 1 aliphatic rings. The summed E-state index contributed by atoms with van der Waals surface area (Å²) < 4.78 is 40.2. The number of sulfone groups is 1. The fraction of sp³-hybridized carbons (Fsp3) is 0.379. The van der Waals surface area contributed by atoms with Crippen LogP contribution in [0.4, 0.5) is 0 Å². The number of ether oxygens (including phenoxy) is 3. The standard InChI is InChI=1S/C29H33NO7S2/c1-18-10-22(36-8-5-9-39(4,33)34)11-19(2)29(18)23-12-20(6-7-25(23)35-3)16-37-27-14-26-24(15-30-27)21(17-38-26)13-28(31)32/h6-7,10-12,14-15,21H,5,8-9,13,16-17H2,1-4H3,(H,31,32)/t21-/m1/s1. The quantitative estimate of drug-likeness (QED) is 0.284. The summed E-state index contributed by atoms with van der Waals surface area (Å²) >= 11 is 1.63. The summed E-state index contributed by atoms with van der Waals surface area (Å²) in [6.45, 7) is 4.67. The van der Waals surface area contributed by atoms with Gasteiger partial charge in [-0.25, -0.2) is 13.4 Å². The molecule has 0 bridgehead atoms. The molecule has 2 aromatic carbocycles. The SMILES string of the molecule is COc1ccc(COc2cc3c(cn2)[C@H](CC(=O)O)CS3)cc1-c1c(C)cc(OCCCS(C)(=O)=O)cc1C. The molecule has 1 atom stereocenters. The van der Waals surface area contributed by atoms with E-state index in [9.17, 15) is 13.2 Å². The first-order chi connectivity index (χ1) is 18.5. The largest absolute Gasteiger partial charge is 0.496 e. The molecule has 0 aliphatic carbocycles. The lowest BCUT2D eigenvalue weighted by Crippen LogP contribution is -2.08. The van der Waals surface area contributed by atoms with E-state index in [-0.39, 0.29) is 18.1 Å². The van der Waals surface area contributed by atoms with Gasteiger partial charge in [0.2, 0.25) is 5.88 Å². The van der Waals surface area contributed by atoms with Crippen LogP contribution in [0.3, 0.4) is 0 Å². The molecule has 0 spiro atoms. The normalized spacial score (nSPS) is 14.6. The Kier molecular flexibility index (Phi) is 9.07. The van der Waals surface area contributed by atoms with Gasteiger partial charge < -0.3 is 19.3 Å². The number of hydrogen-bond donors (Lipinski definition) is 1. The predicted molar refractivity (Wildman–Crippen MR) is 152 cm³/mol. The average Bonchev–Trinajstić information content (AvgIpc) is 3.26. The van der Waals surface area contributed by atoms with Crippen molar-refractivity contribution in [1.29, 1.82) is 0 Å². The Morgan fingerprint density at radius 3 is 2.54 bits per heavy atom. The Hall–Kier alpha value is -3.24. The number of carbonyl (C=O) groups is 1. The highest BCUT2D eigenvalue weighted by molar-refractivity contribution is 7.99. The van der Waals surface area contributed by atoms with Crippen molar-refractivity contribution >= 4 is 27.6 Å². The number of rotatable bonds is 12. The first-order valence-electron chi connectivity index (χ1n) is 12.6. The molecule has 0 unspecified atom stereocenters. The zero-order valence-electron chi connectivity index (χ0n) is 22.5. The molecule has 1 aliphatic heterocycles. The fourth-order valence-electron chi connectivity index (χ4n) is 4.74. The van der Waals surface area contributed by atoms with Gasteiger partial charge in [0.15, 0.2) is 0 Å². The van der Waals surface area contributed by atoms with E-state index in [1.807, 2.05) is 50.2 Å². The number of carboxylic acid groups (broad SMARTS) is 1. The molecular formula is C29H33NO7S2. The number of aliphatic carboxylic acids is 1. The molecule has 0 saturated heterocycles. The van der Waals surface area contributed by atoms with Gasteiger partial charge in [0.25, 0.3) is 0 Å². The lowest BCUT2D eigenvalue weighted by Gasteiger charge is -2.17. The summed E-state index contributed by atoms with van der Waals surface area (Å²) in [5.74, 6) is 1.94. The Labute approximate surface area is 233 Å². The summed E-state index contributed by atoms with van der Waals surface area (Å²) in [6.07, 6.45) is 3.50. The molecule has 2 heterocycles. The number of methoxy groups -OCH3 is 1. The van der Waals surface area contributed by atoms with E-state index in [0.29, 0.717) is 31.3 Å². The van der Waals surface area contributed by atoms with Crippen LogP contribution in [0.2, 0.25) is 0 Å². The van der Waals surface area contributed by atoms with Crippen LogP contribution in [-0.2, 0) is 21.2 Å². The van der Waals surface area contributed by atoms with Crippen LogP contribution >= 0.6 is 11.8 Å². The fourth-order valence-corrected chi connectivity index (χ4v) is 6.63. The molecular weight excluding hydrogens is 538 g/mol. The second-order valence-corrected chi connectivity index (χ2v) is 13.1. The minimum absolute atomic E-state index is 0.0241. The Balaban J connectivity index is 1.49. The van der Waals surface area contributed by atoms with Crippen molar-refractivity contribution in [2.45, 2.75) is 44.1 Å². The van der Waals surface area contributed by atoms with Crippen molar-refractivity contribution < 1.29 is 32.5 Å². The van der Waals surface area contributed by atoms with E-state index < -0.39 is 15.8 Å². The molecule has 1 aromatic heterocycles. The molecule has 3 aromatic rings. The minimum Gasteiger partial charge on any atom is -0.496 e. The van der Waals surface area contributed by atoms with Gasteiger partial charge >= 0.3 is 5.97 Å². The van der Waals surface area contributed by atoms with Gasteiger partial charge in [-0.3, -0.25) is 4.79 Å². The van der Waals surface area contributed by atoms with E-state index in [1.54, 1.807) is 25.1 Å². The molecule has 0 radical (unpaired) electrons. The van der Waals surface area contributed by atoms with E-state index in [2.05, 4.69) is 4.98 Å². The number of benzene rings is 2. The highest BCUT2D eigenvalue weighted by Gasteiger charge is 2.26. The number of carboxylic acids is 1. The van der Waals surface area contributed by atoms with Gasteiger partial charge in [0.1, 0.15) is 27.9 Å². The average molecular weight is 572 g/mol. The molecule has 8 nitrogen and oxygen atoms in total. The summed E-state index contributed by atoms with van der Waals surface area (Å²) in [5, 5.41) is 9.13. The number of hydrogen-bond acceptors (Lipinski definition) is 8. The first-order valence-corrected chi connectivity index (χ1v) is 15.6. The van der Waals surface area contributed by atoms with Crippen molar-refractivity contribution in [3.63, 3.8) is 0 Å². The molecule has 0 fully saturated rings. The summed E-state index contributed by atoms with van der Waals surface area (Å²) in [7, 11) is -1.37. The predicted octanol–water partition coefficient (Wildman–Crippen LogP) is 5.43. The first kappa shape index (κ1) is 28.8. The Morgan fingerprint density at radius 1 is 1.13 bits per heavy atom. The lowest BCUT2D eigenvalue weighted by atomic mass is 9.93. The lowest BCUT2D eigenvalue weighted by molar-refractivity contribution is -0.137. The second kappa shape index (κ2) is 12.3. The summed E-state index contributed by atoms with van der Waals surface area (Å²) in [5.41, 5.74) is 5.91. The second-order valence-electron chi connectivity index (χ2n) is 9.75. The molecule has 10 heteroatoms. The van der Waals surface area contributed by atoms with Crippen molar-refractivity contribution in [3.05, 3.63) is 64.8 Å². The van der Waals surface area contributed by atoms with E-state index in [0.717, 1.165) is 49.8 Å². The summed E-state index contributed by atoms with van der Waals surface area (Å²) in [4.78, 5) is 16.6. The van der Waals surface area contributed by atoms with Gasteiger partial charge in [0.05, 0.1) is 25.9 Å². The van der Waals surface area contributed by atoms with Crippen molar-refractivity contribution in [1.82, 2.24) is 4.98 Å². The molecule has 0 saturated carbocycles. The maximum Gasteiger partial charge on any atom is 0.303 e. The van der Waals surface area contributed by atoms with Crippen LogP contribution in [-0.4, -0.2) is 56.0 Å². The zero-order valence-corrected chi connectivity index (χ0v) is 24.2. The number of thioether (sulfide) groups is 1. The molecule has 1 N–H and O–H groups in total. The third-order valence-corrected chi connectivity index (χ3v) is 8.79. The number of nitrogens with zero attached hydrogens (tertiary/aromatic N) is 1. The number of aryl methyl sites for hydroxylation is 2. The van der Waals surface area contributed by atoms with Crippen LogP contribution in [0.15, 0.2) is 47.5 Å². The van der Waals surface area contributed by atoms with Crippen LogP contribution in [0.5, 0.6) is 17.4 Å². The van der Waals surface area contributed by atoms with Gasteiger partial charge in [0, 0.05) is 40.6 Å². The van der Waals surface area contributed by atoms with Gasteiger partial charge in [-0.2, -0.15) is 0 Å². The monoisotopic (exact) mass is 571 g/mol. The third-order valence-electron chi connectivity index (χ3n) is 6.53. The molecule has 0 amide bonds. The van der Waals surface area contributed by atoms with E-state index in [4.69, 9.17) is 19.3 Å². The van der Waals surface area contributed by atoms with Crippen molar-refractivity contribution in [2.24, 2.45) is 0 Å². The summed E-state index contributed by atoms with van der Waals surface area (Å²) in [6, 6.07) is 11.7. The number of pyridine rings is 1. The molecule has 208 valence electrons. The maximum absolute atomic E-state index is 11.4. The Morgan fingerprint density at radius 2 is 1.87 bits per heavy atom. The Bertz CT molecular complexity index is 1450. The molecule has 39 heavy (non-hydrogen) atoms.